The summed E-state index contributed by atoms with van der Waals surface area (Å²) >= 11 is 0. The smallest absolute Gasteiger partial charge is 0.417 e. The molecule has 0 spiro atoms. The summed E-state index contributed by atoms with van der Waals surface area (Å²) in [7, 11) is 1.08. The fourth-order valence-electron chi connectivity index (χ4n) is 7.04. The maximum atomic E-state index is 15.6. The third-order valence-electron chi connectivity index (χ3n) is 10.6. The first-order valence-corrected chi connectivity index (χ1v) is 19.5. The van der Waals surface area contributed by atoms with Crippen LogP contribution in [0.4, 0.5) is 55.3 Å². The molecule has 0 saturated heterocycles. The van der Waals surface area contributed by atoms with E-state index in [-0.39, 0.29) is 22.8 Å². The van der Waals surface area contributed by atoms with Crippen molar-refractivity contribution in [2.75, 3.05) is 30.0 Å². The summed E-state index contributed by atoms with van der Waals surface area (Å²) in [6.45, 7) is -2.25. The van der Waals surface area contributed by atoms with Gasteiger partial charge in [0.25, 0.3) is 11.8 Å². The van der Waals surface area contributed by atoms with Crippen LogP contribution in [0.5, 0.6) is 5.75 Å². The molecule has 2 aromatic heterocycles. The van der Waals surface area contributed by atoms with E-state index in [9.17, 15) is 59.2 Å². The Morgan fingerprint density at radius 2 is 0.955 bits per heavy atom. The highest BCUT2D eigenvalue weighted by Crippen LogP contribution is 2.46. The van der Waals surface area contributed by atoms with Crippen LogP contribution in [0.15, 0.2) is 122 Å². The van der Waals surface area contributed by atoms with Gasteiger partial charge in [0.15, 0.2) is 11.6 Å². The van der Waals surface area contributed by atoms with E-state index in [1.807, 2.05) is 0 Å². The molecule has 2 heterocycles. The van der Waals surface area contributed by atoms with Crippen LogP contribution in [-0.2, 0) is 52.6 Å². The second-order valence-electron chi connectivity index (χ2n) is 14.7. The van der Waals surface area contributed by atoms with E-state index in [2.05, 4.69) is 9.97 Å². The summed E-state index contributed by atoms with van der Waals surface area (Å²) in [5, 5.41) is 36.7. The van der Waals surface area contributed by atoms with Crippen LogP contribution in [0.3, 0.4) is 0 Å². The minimum Gasteiger partial charge on any atom is -0.494 e. The fourth-order valence-corrected chi connectivity index (χ4v) is 7.04. The third kappa shape index (κ3) is 9.99. The molecule has 3 N–H and O–H groups in total. The second-order valence-corrected chi connectivity index (χ2v) is 14.7. The zero-order valence-electron chi connectivity index (χ0n) is 34.2. The van der Waals surface area contributed by atoms with Crippen LogP contribution in [0.1, 0.15) is 39.2 Å². The van der Waals surface area contributed by atoms with Gasteiger partial charge in [-0.05, 0) is 90.0 Å². The predicted molar refractivity (Wildman–Crippen MR) is 216 cm³/mol. The maximum Gasteiger partial charge on any atom is 0.417 e. The molecule has 0 aliphatic heterocycles. The molecule has 10 nitrogen and oxygen atoms in total. The van der Waals surface area contributed by atoms with E-state index in [0.29, 0.717) is 34.3 Å². The van der Waals surface area contributed by atoms with Crippen molar-refractivity contribution in [1.82, 2.24) is 9.97 Å². The van der Waals surface area contributed by atoms with Crippen LogP contribution in [0.2, 0.25) is 0 Å². The van der Waals surface area contributed by atoms with Crippen LogP contribution in [0, 0.1) is 23.3 Å². The molecule has 0 bridgehead atoms. The highest BCUT2D eigenvalue weighted by Gasteiger charge is 2.64. The number of methoxy groups -OCH3 is 1. The Balaban J connectivity index is 1.59. The van der Waals surface area contributed by atoms with Crippen molar-refractivity contribution in [3.8, 4) is 5.75 Å². The Bertz CT molecular complexity index is 2490. The summed E-state index contributed by atoms with van der Waals surface area (Å²) in [6, 6.07) is 15.4. The number of hydrogen-bond donors (Lipinski definition) is 3. The summed E-state index contributed by atoms with van der Waals surface area (Å²) in [5.41, 5.74) is -12.1. The molecule has 346 valence electrons. The zero-order valence-corrected chi connectivity index (χ0v) is 34.2. The van der Waals surface area contributed by atoms with Gasteiger partial charge >= 0.3 is 12.4 Å². The molecule has 0 fully saturated rings. The Kier molecular flexibility index (Phi) is 14.2. The minimum absolute atomic E-state index is 0.0517. The van der Waals surface area contributed by atoms with Crippen LogP contribution < -0.4 is 14.5 Å². The Morgan fingerprint density at radius 1 is 0.561 bits per heavy atom. The average Bonchev–Trinajstić information content (AvgIpc) is 3.29. The summed E-state index contributed by atoms with van der Waals surface area (Å²) in [5.74, 6) is -7.51. The number of aliphatic hydroxyl groups excluding tert-OH is 1. The fraction of sp³-hybridized carbons (Fsp3) is 0.217. The topological polar surface area (TPSA) is 136 Å². The number of nitrogens with zero attached hydrogens (tertiary/aromatic N) is 4. The van der Waals surface area contributed by atoms with E-state index >= 15 is 9.59 Å². The van der Waals surface area contributed by atoms with Gasteiger partial charge in [-0.25, -0.2) is 17.6 Å². The lowest BCUT2D eigenvalue weighted by Crippen LogP contribution is -2.66. The molecule has 6 rings (SSSR count). The Labute approximate surface area is 369 Å². The molecule has 0 aliphatic carbocycles. The molecule has 6 aromatic rings. The van der Waals surface area contributed by atoms with Gasteiger partial charge in [-0.15, -0.1) is 0 Å². The van der Waals surface area contributed by atoms with E-state index < -0.39 is 125 Å². The number of carbonyl (C=O) groups is 2. The highest BCUT2D eigenvalue weighted by molar-refractivity contribution is 6.10. The number of benzene rings is 4. The number of aliphatic hydroxyl groups is 3. The number of pyridine rings is 2. The van der Waals surface area contributed by atoms with Gasteiger partial charge in [0.1, 0.15) is 17.5 Å². The molecule has 2 atom stereocenters. The van der Waals surface area contributed by atoms with Crippen LogP contribution >= 0.6 is 0 Å². The van der Waals surface area contributed by atoms with Crippen LogP contribution in [-0.4, -0.2) is 57.3 Å². The predicted octanol–water partition coefficient (Wildman–Crippen LogP) is 8.20. The number of hydrogen-bond acceptors (Lipinski definition) is 8. The quantitative estimate of drug-likeness (QED) is 0.0878. The highest BCUT2D eigenvalue weighted by atomic mass is 19.4. The van der Waals surface area contributed by atoms with Crippen molar-refractivity contribution in [3.05, 3.63) is 184 Å². The van der Waals surface area contributed by atoms with Crippen molar-refractivity contribution in [2.24, 2.45) is 0 Å². The SMILES string of the molecule is COc1cc(N(CCc2ccc(C(F)(F)F)cn2)C(=O)[C@](O)(c2ccc(F)cc2)[C@](O)(C(=O)N(CCc2ccc(C(F)(F)F)cn2)c2ccc(F)c(CO)c2)c2ccc(F)cc2)ccc1F. The van der Waals surface area contributed by atoms with Gasteiger partial charge in [0, 0.05) is 72.7 Å². The molecule has 2 amide bonds. The molecular formula is C46H36F10N4O6. The van der Waals surface area contributed by atoms with Gasteiger partial charge in [0.2, 0.25) is 11.2 Å². The summed E-state index contributed by atoms with van der Waals surface area (Å²) in [4.78, 5) is 40.3. The largest absolute Gasteiger partial charge is 0.494 e. The van der Waals surface area contributed by atoms with E-state index in [4.69, 9.17) is 4.74 Å². The number of amides is 2. The number of rotatable bonds is 15. The maximum absolute atomic E-state index is 15.6. The van der Waals surface area contributed by atoms with Crippen molar-refractivity contribution < 1.29 is 73.5 Å². The van der Waals surface area contributed by atoms with Gasteiger partial charge in [-0.3, -0.25) is 19.6 Å². The Morgan fingerprint density at radius 3 is 1.32 bits per heavy atom. The summed E-state index contributed by atoms with van der Waals surface area (Å²) < 4.78 is 145. The van der Waals surface area contributed by atoms with E-state index in [0.717, 1.165) is 104 Å². The normalized spacial score (nSPS) is 13.7. The lowest BCUT2D eigenvalue weighted by molar-refractivity contribution is -0.188. The van der Waals surface area contributed by atoms with Crippen molar-refractivity contribution in [1.29, 1.82) is 0 Å². The third-order valence-corrected chi connectivity index (χ3v) is 10.6. The zero-order chi connectivity index (χ0) is 48.2. The second kappa shape index (κ2) is 19.3. The molecule has 0 saturated carbocycles. The van der Waals surface area contributed by atoms with Crippen molar-refractivity contribution in [2.45, 2.75) is 43.0 Å². The molecule has 0 aliphatic rings. The number of aromatic nitrogens is 2. The number of ether oxygens (including phenoxy) is 1. The standard InChI is InChI=1S/C46H36F10N4O6/c1-66-40-23-37(15-17-39(40)50)60(21-19-35-13-7-31(25-58-35)46(54,55)56)42(63)44(65,29-4-10-33(48)11-5-29)43(64,28-2-8-32(47)9-3-28)41(62)59(36-14-16-38(49)27(22-36)26-61)20-18-34-12-6-30(24-57-34)45(51,52)53/h2-17,22-25,61,64-65H,18-21,26H2,1H3/t43-,44-/m1/s1. The lowest BCUT2D eigenvalue weighted by atomic mass is 9.71. The van der Waals surface area contributed by atoms with E-state index in [1.54, 1.807) is 0 Å². The summed E-state index contributed by atoms with van der Waals surface area (Å²) in [6.07, 6.45) is -9.32. The first kappa shape index (κ1) is 48.6. The molecule has 4 aromatic carbocycles. The number of halogens is 10. The molecule has 0 radical (unpaired) electrons. The number of carbonyl (C=O) groups excluding carboxylic acids is 2. The first-order valence-electron chi connectivity index (χ1n) is 19.5. The molecular weight excluding hydrogens is 895 g/mol. The average molecular weight is 931 g/mol. The van der Waals surface area contributed by atoms with Gasteiger partial charge in [-0.2, -0.15) is 26.3 Å². The lowest BCUT2D eigenvalue weighted by Gasteiger charge is -2.46. The first-order chi connectivity index (χ1) is 31.1. The Hall–Kier alpha value is -6.90. The van der Waals surface area contributed by atoms with Gasteiger partial charge in [-0.1, -0.05) is 24.3 Å². The molecule has 0 unspecified atom stereocenters. The van der Waals surface area contributed by atoms with Crippen molar-refractivity contribution >= 4 is 23.2 Å². The molecule has 20 heteroatoms. The van der Waals surface area contributed by atoms with Gasteiger partial charge in [0.05, 0.1) is 24.8 Å². The van der Waals surface area contributed by atoms with Crippen LogP contribution in [0.25, 0.3) is 0 Å². The number of alkyl halides is 6. The van der Waals surface area contributed by atoms with E-state index in [1.165, 1.54) is 0 Å². The monoisotopic (exact) mass is 930 g/mol. The van der Waals surface area contributed by atoms with Gasteiger partial charge < -0.3 is 29.9 Å². The molecule has 66 heavy (non-hydrogen) atoms. The number of anilines is 2. The minimum atomic E-state index is -4.77. The van der Waals surface area contributed by atoms with Crippen molar-refractivity contribution in [3.63, 3.8) is 0 Å².